The highest BCUT2D eigenvalue weighted by molar-refractivity contribution is 6.11. The Morgan fingerprint density at radius 2 is 0.860 bits per heavy atom. The Bertz CT molecular complexity index is 1550. The molecule has 0 saturated heterocycles. The van der Waals surface area contributed by atoms with Gasteiger partial charge < -0.3 is 19.7 Å². The Balaban J connectivity index is 1.26. The number of phenols is 2. The predicted molar refractivity (Wildman–Crippen MR) is 203 cm³/mol. The first-order valence-electron chi connectivity index (χ1n) is 18.3. The van der Waals surface area contributed by atoms with E-state index in [0.717, 1.165) is 36.8 Å². The quantitative estimate of drug-likeness (QED) is 0.0489. The Kier molecular flexibility index (Phi) is 15.7. The lowest BCUT2D eigenvalue weighted by Crippen LogP contribution is -2.03. The molecule has 0 atom stereocenters. The summed E-state index contributed by atoms with van der Waals surface area (Å²) in [6.45, 7) is 5.58. The van der Waals surface area contributed by atoms with Gasteiger partial charge in [0.2, 0.25) is 0 Å². The van der Waals surface area contributed by atoms with E-state index in [4.69, 9.17) is 9.47 Å². The van der Waals surface area contributed by atoms with Gasteiger partial charge in [-0.25, -0.2) is 0 Å². The molecule has 264 valence electrons. The topological polar surface area (TPSA) is 93.1 Å². The normalized spacial score (nSPS) is 11.2. The summed E-state index contributed by atoms with van der Waals surface area (Å²) in [5, 5.41) is 21.1. The van der Waals surface area contributed by atoms with E-state index in [1.165, 1.54) is 63.5 Å². The fourth-order valence-corrected chi connectivity index (χ4v) is 5.73. The molecule has 0 aliphatic heterocycles. The Morgan fingerprint density at radius 1 is 0.500 bits per heavy atom. The molecule has 0 bridgehead atoms. The van der Waals surface area contributed by atoms with Gasteiger partial charge in [-0.2, -0.15) is 0 Å². The fraction of sp³-hybridized carbons (Fsp3) is 0.364. The zero-order valence-corrected chi connectivity index (χ0v) is 29.7. The summed E-state index contributed by atoms with van der Waals surface area (Å²) in [6.07, 6.45) is 17.9. The summed E-state index contributed by atoms with van der Waals surface area (Å²) in [6, 6.07) is 24.0. The molecule has 0 aromatic heterocycles. The number of rotatable bonds is 22. The number of unbranched alkanes of at least 4 members (excludes halogenated alkanes) is 10. The largest absolute Gasteiger partial charge is 0.507 e. The molecule has 0 unspecified atom stereocenters. The number of hydrogen-bond donors (Lipinski definition) is 2. The van der Waals surface area contributed by atoms with Gasteiger partial charge in [-0.3, -0.25) is 9.59 Å². The molecule has 0 fully saturated rings. The molecule has 4 aromatic rings. The first-order valence-corrected chi connectivity index (χ1v) is 18.3. The maximum Gasteiger partial charge on any atom is 0.196 e. The summed E-state index contributed by atoms with van der Waals surface area (Å²) in [7, 11) is 0. The first kappa shape index (κ1) is 38.0. The molecule has 6 nitrogen and oxygen atoms in total. The van der Waals surface area contributed by atoms with E-state index >= 15 is 0 Å². The van der Waals surface area contributed by atoms with E-state index in [0.29, 0.717) is 35.8 Å². The van der Waals surface area contributed by atoms with Crippen LogP contribution in [0.15, 0.2) is 84.9 Å². The summed E-state index contributed by atoms with van der Waals surface area (Å²) >= 11 is 0. The van der Waals surface area contributed by atoms with Crippen LogP contribution < -0.4 is 9.47 Å². The second-order valence-electron chi connectivity index (χ2n) is 12.8. The monoisotopic (exact) mass is 676 g/mol. The molecular formula is C44H52O6. The lowest BCUT2D eigenvalue weighted by atomic mass is 10.00. The van der Waals surface area contributed by atoms with Gasteiger partial charge in [0.15, 0.2) is 11.6 Å². The van der Waals surface area contributed by atoms with Crippen molar-refractivity contribution in [2.75, 3.05) is 13.2 Å². The highest BCUT2D eigenvalue weighted by Crippen LogP contribution is 2.28. The van der Waals surface area contributed by atoms with Crippen LogP contribution in [0.5, 0.6) is 23.0 Å². The Hall–Kier alpha value is -4.84. The molecule has 0 saturated carbocycles. The predicted octanol–water partition coefficient (Wildman–Crippen LogP) is 11.2. The lowest BCUT2D eigenvalue weighted by molar-refractivity contribution is 0.102. The van der Waals surface area contributed by atoms with E-state index < -0.39 is 0 Å². The summed E-state index contributed by atoms with van der Waals surface area (Å²) in [5.74, 6) is 0.399. The van der Waals surface area contributed by atoms with Crippen molar-refractivity contribution < 1.29 is 29.3 Å². The number of phenolic OH excluding ortho intramolecular Hbond substituents is 2. The van der Waals surface area contributed by atoms with E-state index in [1.54, 1.807) is 48.5 Å². The van der Waals surface area contributed by atoms with Crippen molar-refractivity contribution in [3.8, 4) is 23.0 Å². The van der Waals surface area contributed by atoms with Crippen LogP contribution in [0.3, 0.4) is 0 Å². The summed E-state index contributed by atoms with van der Waals surface area (Å²) < 4.78 is 11.5. The molecule has 4 aromatic carbocycles. The molecular weight excluding hydrogens is 624 g/mol. The van der Waals surface area contributed by atoms with E-state index in [-0.39, 0.29) is 34.2 Å². The third-order valence-corrected chi connectivity index (χ3v) is 8.77. The van der Waals surface area contributed by atoms with Gasteiger partial charge in [-0.05, 0) is 48.2 Å². The van der Waals surface area contributed by atoms with Crippen molar-refractivity contribution in [3.05, 3.63) is 118 Å². The minimum Gasteiger partial charge on any atom is -0.507 e. The van der Waals surface area contributed by atoms with Gasteiger partial charge >= 0.3 is 0 Å². The number of carbonyl (C=O) groups excluding carboxylic acids is 2. The molecule has 0 amide bonds. The molecule has 0 spiro atoms. The van der Waals surface area contributed by atoms with Gasteiger partial charge in [0.1, 0.15) is 23.0 Å². The SMILES string of the molecule is CCCCCCCCOc1ccc(C(=O)c2ccc(/C=C/c3ccc(C(=O)c4ccc(OCCCCCCCC)cc4O)cc3)cc2)c(O)c1. The second-order valence-corrected chi connectivity index (χ2v) is 12.8. The standard InChI is InChI=1S/C44H52O6/c1-3-5-7-9-11-13-29-49-37-25-27-39(41(45)31-37)43(47)35-21-17-33(18-22-35)15-16-34-19-23-36(24-20-34)44(48)40-28-26-38(32-42(40)46)50-30-14-12-10-8-6-4-2/h15-28,31-32,45-46H,3-14,29-30H2,1-2H3/b16-15+. The number of ether oxygens (including phenoxy) is 2. The summed E-state index contributed by atoms with van der Waals surface area (Å²) in [4.78, 5) is 26.2. The molecule has 0 heterocycles. The van der Waals surface area contributed by atoms with Crippen LogP contribution in [0.1, 0.15) is 134 Å². The van der Waals surface area contributed by atoms with Gasteiger partial charge in [0, 0.05) is 23.3 Å². The molecule has 0 aliphatic carbocycles. The molecule has 6 heteroatoms. The fourth-order valence-electron chi connectivity index (χ4n) is 5.73. The van der Waals surface area contributed by atoms with Crippen molar-refractivity contribution in [1.29, 1.82) is 0 Å². The zero-order valence-electron chi connectivity index (χ0n) is 29.7. The molecule has 0 aliphatic rings. The second kappa shape index (κ2) is 20.6. The molecule has 50 heavy (non-hydrogen) atoms. The van der Waals surface area contributed by atoms with E-state index in [2.05, 4.69) is 13.8 Å². The van der Waals surface area contributed by atoms with Gasteiger partial charge in [0.05, 0.1) is 24.3 Å². The number of benzene rings is 4. The number of carbonyl (C=O) groups is 2. The maximum absolute atomic E-state index is 13.1. The lowest BCUT2D eigenvalue weighted by Gasteiger charge is -2.09. The smallest absolute Gasteiger partial charge is 0.196 e. The van der Waals surface area contributed by atoms with Crippen LogP contribution in [0.25, 0.3) is 12.2 Å². The van der Waals surface area contributed by atoms with E-state index in [1.807, 2.05) is 36.4 Å². The van der Waals surface area contributed by atoms with Crippen molar-refractivity contribution in [3.63, 3.8) is 0 Å². The third-order valence-electron chi connectivity index (χ3n) is 8.77. The molecule has 0 radical (unpaired) electrons. The Labute approximate surface area is 297 Å². The molecule has 2 N–H and O–H groups in total. The highest BCUT2D eigenvalue weighted by Gasteiger charge is 2.16. The van der Waals surface area contributed by atoms with Crippen LogP contribution in [-0.4, -0.2) is 35.0 Å². The van der Waals surface area contributed by atoms with Crippen LogP contribution in [0, 0.1) is 0 Å². The van der Waals surface area contributed by atoms with Crippen molar-refractivity contribution in [2.24, 2.45) is 0 Å². The van der Waals surface area contributed by atoms with Crippen LogP contribution in [-0.2, 0) is 0 Å². The third kappa shape index (κ3) is 11.9. The first-order chi connectivity index (χ1) is 24.4. The minimum atomic E-state index is -0.262. The van der Waals surface area contributed by atoms with Crippen LogP contribution >= 0.6 is 0 Å². The van der Waals surface area contributed by atoms with Crippen LogP contribution in [0.2, 0.25) is 0 Å². The molecule has 4 rings (SSSR count). The number of ketones is 2. The minimum absolute atomic E-state index is 0.0959. The highest BCUT2D eigenvalue weighted by atomic mass is 16.5. The average molecular weight is 677 g/mol. The van der Waals surface area contributed by atoms with Gasteiger partial charge in [-0.15, -0.1) is 0 Å². The maximum atomic E-state index is 13.1. The average Bonchev–Trinajstić information content (AvgIpc) is 3.13. The van der Waals surface area contributed by atoms with Gasteiger partial charge in [0.25, 0.3) is 0 Å². The van der Waals surface area contributed by atoms with Crippen LogP contribution in [0.4, 0.5) is 0 Å². The van der Waals surface area contributed by atoms with Crippen molar-refractivity contribution >= 4 is 23.7 Å². The van der Waals surface area contributed by atoms with Crippen molar-refractivity contribution in [2.45, 2.75) is 90.9 Å². The van der Waals surface area contributed by atoms with Crippen molar-refractivity contribution in [1.82, 2.24) is 0 Å². The zero-order chi connectivity index (χ0) is 35.6. The number of aromatic hydroxyl groups is 2. The Morgan fingerprint density at radius 3 is 1.22 bits per heavy atom. The number of hydrogen-bond acceptors (Lipinski definition) is 6. The van der Waals surface area contributed by atoms with Gasteiger partial charge in [-0.1, -0.05) is 139 Å². The van der Waals surface area contributed by atoms with E-state index in [9.17, 15) is 19.8 Å². The summed E-state index contributed by atoms with van der Waals surface area (Å²) in [5.41, 5.74) is 3.21.